The number of thiophene rings is 1. The molecule has 0 amide bonds. The van der Waals surface area contributed by atoms with E-state index in [4.69, 9.17) is 21.8 Å². The Morgan fingerprint density at radius 2 is 2.33 bits per heavy atom. The van der Waals surface area contributed by atoms with Crippen LogP contribution >= 0.6 is 22.9 Å². The first kappa shape index (κ1) is 14.3. The second-order valence-corrected chi connectivity index (χ2v) is 6.36. The average molecular weight is 323 g/mol. The van der Waals surface area contributed by atoms with Crippen LogP contribution < -0.4 is 11.1 Å². The largest absolute Gasteiger partial charge is 0.467 e. The van der Waals surface area contributed by atoms with Gasteiger partial charge in [-0.25, -0.2) is 4.98 Å². The summed E-state index contributed by atoms with van der Waals surface area (Å²) in [6.07, 6.45) is 2.46. The van der Waals surface area contributed by atoms with Gasteiger partial charge in [-0.2, -0.15) is 4.98 Å². The molecule has 0 aliphatic rings. The number of nitrogens with one attached hydrogen (secondary N) is 1. The number of anilines is 1. The molecule has 110 valence electrons. The van der Waals surface area contributed by atoms with Gasteiger partial charge in [-0.1, -0.05) is 0 Å². The zero-order valence-corrected chi connectivity index (χ0v) is 13.0. The molecule has 3 rings (SSSR count). The fraction of sp³-hybridized carbons (Fsp3) is 0.286. The molecule has 7 heteroatoms. The smallest absolute Gasteiger partial charge is 0.224 e. The van der Waals surface area contributed by atoms with Gasteiger partial charge in [0.1, 0.15) is 11.6 Å². The summed E-state index contributed by atoms with van der Waals surface area (Å²) < 4.78 is 6.29. The summed E-state index contributed by atoms with van der Waals surface area (Å²) in [5.74, 6) is 1.56. The Labute approximate surface area is 131 Å². The zero-order chi connectivity index (χ0) is 14.8. The van der Waals surface area contributed by atoms with Crippen LogP contribution in [0.2, 0.25) is 5.28 Å². The Morgan fingerprint density at radius 3 is 3.05 bits per heavy atom. The molecule has 0 spiro atoms. The van der Waals surface area contributed by atoms with Gasteiger partial charge in [-0.15, -0.1) is 11.3 Å². The van der Waals surface area contributed by atoms with Crippen LogP contribution in [0.3, 0.4) is 0 Å². The van der Waals surface area contributed by atoms with Crippen molar-refractivity contribution in [2.45, 2.75) is 25.9 Å². The molecule has 0 aromatic carbocycles. The van der Waals surface area contributed by atoms with Gasteiger partial charge < -0.3 is 15.5 Å². The van der Waals surface area contributed by atoms with E-state index < -0.39 is 0 Å². The quantitative estimate of drug-likeness (QED) is 0.704. The minimum absolute atomic E-state index is 0.112. The summed E-state index contributed by atoms with van der Waals surface area (Å²) in [7, 11) is 0. The van der Waals surface area contributed by atoms with E-state index in [0.717, 1.165) is 28.2 Å². The molecule has 0 aliphatic heterocycles. The molecule has 3 heterocycles. The summed E-state index contributed by atoms with van der Waals surface area (Å²) in [5, 5.41) is 3.48. The molecule has 3 aromatic heterocycles. The highest BCUT2D eigenvalue weighted by molar-refractivity contribution is 7.19. The molecule has 21 heavy (non-hydrogen) atoms. The second kappa shape index (κ2) is 6.01. The van der Waals surface area contributed by atoms with Crippen LogP contribution in [0.15, 0.2) is 28.9 Å². The third-order valence-corrected chi connectivity index (χ3v) is 4.25. The molecular formula is C14H15ClN4OS. The molecule has 3 N–H and O–H groups in total. The van der Waals surface area contributed by atoms with E-state index in [2.05, 4.69) is 15.3 Å². The predicted octanol–water partition coefficient (Wildman–Crippen LogP) is 3.44. The maximum absolute atomic E-state index is 5.99. The molecule has 0 bridgehead atoms. The molecule has 0 radical (unpaired) electrons. The number of fused-ring (bicyclic) bond motifs is 1. The van der Waals surface area contributed by atoms with Crippen molar-refractivity contribution in [1.82, 2.24) is 9.97 Å². The summed E-state index contributed by atoms with van der Waals surface area (Å²) >= 11 is 7.64. The van der Waals surface area contributed by atoms with Crippen LogP contribution in [0.25, 0.3) is 10.2 Å². The number of nitrogens with zero attached hydrogens (tertiary/aromatic N) is 2. The lowest BCUT2D eigenvalue weighted by atomic mass is 10.2. The average Bonchev–Trinajstić information content (AvgIpc) is 3.03. The monoisotopic (exact) mass is 322 g/mol. The molecule has 1 unspecified atom stereocenters. The van der Waals surface area contributed by atoms with E-state index in [0.29, 0.717) is 6.54 Å². The van der Waals surface area contributed by atoms with Crippen LogP contribution in [-0.4, -0.2) is 16.0 Å². The fourth-order valence-corrected chi connectivity index (χ4v) is 3.45. The first-order chi connectivity index (χ1) is 10.1. The SMILES string of the molecule is CC(N)Cc1cc2nc(Cl)nc(NCc3ccco3)c2s1. The highest BCUT2D eigenvalue weighted by atomic mass is 35.5. The standard InChI is InChI=1S/C14H15ClN4OS/c1-8(16)5-10-6-11-12(21-10)13(19-14(15)18-11)17-7-9-3-2-4-20-9/h2-4,6,8H,5,7,16H2,1H3,(H,17,18,19). The second-order valence-electron chi connectivity index (χ2n) is 4.88. The molecular weight excluding hydrogens is 308 g/mol. The Bertz CT molecular complexity index is 739. The maximum atomic E-state index is 5.99. The van der Waals surface area contributed by atoms with E-state index in [1.54, 1.807) is 17.6 Å². The van der Waals surface area contributed by atoms with Gasteiger partial charge in [0, 0.05) is 10.9 Å². The van der Waals surface area contributed by atoms with Gasteiger partial charge in [0.05, 0.1) is 23.0 Å². The fourth-order valence-electron chi connectivity index (χ4n) is 2.07. The van der Waals surface area contributed by atoms with Crippen LogP contribution in [0, 0.1) is 0 Å². The number of furan rings is 1. The van der Waals surface area contributed by atoms with Crippen molar-refractivity contribution in [2.75, 3.05) is 5.32 Å². The Morgan fingerprint density at radius 1 is 1.48 bits per heavy atom. The van der Waals surface area contributed by atoms with E-state index in [1.807, 2.05) is 25.1 Å². The highest BCUT2D eigenvalue weighted by Crippen LogP contribution is 2.31. The first-order valence-corrected chi connectivity index (χ1v) is 7.79. The van der Waals surface area contributed by atoms with Crippen molar-refractivity contribution in [3.63, 3.8) is 0 Å². The minimum Gasteiger partial charge on any atom is -0.467 e. The minimum atomic E-state index is 0.112. The number of hydrogen-bond acceptors (Lipinski definition) is 6. The molecule has 1 atom stereocenters. The lowest BCUT2D eigenvalue weighted by Gasteiger charge is -2.04. The van der Waals surface area contributed by atoms with Crippen LogP contribution in [0.1, 0.15) is 17.6 Å². The summed E-state index contributed by atoms with van der Waals surface area (Å²) in [6, 6.07) is 5.89. The van der Waals surface area contributed by atoms with Crippen molar-refractivity contribution in [1.29, 1.82) is 0 Å². The number of rotatable bonds is 5. The number of hydrogen-bond donors (Lipinski definition) is 2. The molecule has 0 aliphatic carbocycles. The summed E-state index contributed by atoms with van der Waals surface area (Å²) in [4.78, 5) is 9.72. The first-order valence-electron chi connectivity index (χ1n) is 6.59. The third-order valence-electron chi connectivity index (χ3n) is 2.93. The Kier molecular flexibility index (Phi) is 4.10. The molecule has 0 fully saturated rings. The Hall–Kier alpha value is -1.63. The normalized spacial score (nSPS) is 12.7. The van der Waals surface area contributed by atoms with Gasteiger partial charge in [0.25, 0.3) is 0 Å². The summed E-state index contributed by atoms with van der Waals surface area (Å²) in [6.45, 7) is 2.54. The van der Waals surface area contributed by atoms with Crippen molar-refractivity contribution in [3.8, 4) is 0 Å². The third kappa shape index (κ3) is 3.34. The van der Waals surface area contributed by atoms with Crippen LogP contribution in [0.4, 0.5) is 5.82 Å². The topological polar surface area (TPSA) is 77.0 Å². The number of halogens is 1. The highest BCUT2D eigenvalue weighted by Gasteiger charge is 2.12. The van der Waals surface area contributed by atoms with E-state index in [9.17, 15) is 0 Å². The lowest BCUT2D eigenvalue weighted by Crippen LogP contribution is -2.16. The molecule has 0 saturated carbocycles. The van der Waals surface area contributed by atoms with E-state index in [1.165, 1.54) is 4.88 Å². The van der Waals surface area contributed by atoms with Crippen LogP contribution in [-0.2, 0) is 13.0 Å². The van der Waals surface area contributed by atoms with Crippen LogP contribution in [0.5, 0.6) is 0 Å². The molecule has 3 aromatic rings. The molecule has 5 nitrogen and oxygen atoms in total. The van der Waals surface area contributed by atoms with Crippen molar-refractivity contribution in [2.24, 2.45) is 5.73 Å². The number of nitrogens with two attached hydrogens (primary N) is 1. The van der Waals surface area contributed by atoms with Crippen molar-refractivity contribution >= 4 is 39.0 Å². The van der Waals surface area contributed by atoms with Crippen molar-refractivity contribution in [3.05, 3.63) is 40.4 Å². The maximum Gasteiger partial charge on any atom is 0.224 e. The van der Waals surface area contributed by atoms with E-state index in [-0.39, 0.29) is 11.3 Å². The number of aromatic nitrogens is 2. The predicted molar refractivity (Wildman–Crippen MR) is 85.8 cm³/mol. The van der Waals surface area contributed by atoms with Gasteiger partial charge in [0.15, 0.2) is 0 Å². The summed E-state index contributed by atoms with van der Waals surface area (Å²) in [5.41, 5.74) is 6.70. The zero-order valence-electron chi connectivity index (χ0n) is 11.5. The van der Waals surface area contributed by atoms with E-state index >= 15 is 0 Å². The molecule has 0 saturated heterocycles. The van der Waals surface area contributed by atoms with Gasteiger partial charge >= 0.3 is 0 Å². The Balaban J connectivity index is 1.90. The lowest BCUT2D eigenvalue weighted by molar-refractivity contribution is 0.518. The van der Waals surface area contributed by atoms with Gasteiger partial charge in [-0.05, 0) is 43.1 Å². The van der Waals surface area contributed by atoms with Gasteiger partial charge in [-0.3, -0.25) is 0 Å². The van der Waals surface area contributed by atoms with Crippen molar-refractivity contribution < 1.29 is 4.42 Å². The van der Waals surface area contributed by atoms with Gasteiger partial charge in [0.2, 0.25) is 5.28 Å².